The molecule has 8 heteroatoms. The SMILES string of the molecule is CCNCCN(C)Cc1ccn2ncnc(Oc3ccc(N)cc3F)c12. The number of aromatic nitrogens is 3. The summed E-state index contributed by atoms with van der Waals surface area (Å²) in [5.74, 6) is -0.145. The first kappa shape index (κ1) is 18.1. The van der Waals surface area contributed by atoms with E-state index in [1.807, 2.05) is 19.3 Å². The van der Waals surface area contributed by atoms with Crippen molar-refractivity contribution in [3.8, 4) is 11.6 Å². The summed E-state index contributed by atoms with van der Waals surface area (Å²) >= 11 is 0. The summed E-state index contributed by atoms with van der Waals surface area (Å²) in [5, 5.41) is 7.51. The summed E-state index contributed by atoms with van der Waals surface area (Å²) in [6.07, 6.45) is 3.23. The van der Waals surface area contributed by atoms with Gasteiger partial charge in [0, 0.05) is 37.6 Å². The molecule has 0 spiro atoms. The molecule has 0 amide bonds. The molecule has 0 aliphatic carbocycles. The van der Waals surface area contributed by atoms with Gasteiger partial charge in [0.25, 0.3) is 0 Å². The lowest BCUT2D eigenvalue weighted by Crippen LogP contribution is -2.28. The average Bonchev–Trinajstić information content (AvgIpc) is 3.01. The largest absolute Gasteiger partial charge is 0.434 e. The van der Waals surface area contributed by atoms with Crippen molar-refractivity contribution in [1.29, 1.82) is 0 Å². The number of rotatable bonds is 8. The molecule has 0 aliphatic rings. The van der Waals surface area contributed by atoms with Gasteiger partial charge in [0.15, 0.2) is 11.6 Å². The minimum absolute atomic E-state index is 0.0763. The zero-order chi connectivity index (χ0) is 18.5. The van der Waals surface area contributed by atoms with Crippen LogP contribution >= 0.6 is 0 Å². The highest BCUT2D eigenvalue weighted by Gasteiger charge is 2.15. The number of likely N-dealkylation sites (N-methyl/N-ethyl adjacent to an activating group) is 2. The Labute approximate surface area is 151 Å². The van der Waals surface area contributed by atoms with Crippen LogP contribution in [0.2, 0.25) is 0 Å². The number of nitrogens with one attached hydrogen (secondary N) is 1. The molecule has 0 aliphatic heterocycles. The first-order valence-corrected chi connectivity index (χ1v) is 8.52. The first-order chi connectivity index (χ1) is 12.6. The minimum Gasteiger partial charge on any atom is -0.434 e. The first-order valence-electron chi connectivity index (χ1n) is 8.52. The predicted molar refractivity (Wildman–Crippen MR) is 98.8 cm³/mol. The van der Waals surface area contributed by atoms with E-state index in [2.05, 4.69) is 27.2 Å². The summed E-state index contributed by atoms with van der Waals surface area (Å²) in [6, 6.07) is 6.28. The van der Waals surface area contributed by atoms with Crippen LogP contribution in [-0.2, 0) is 6.54 Å². The summed E-state index contributed by atoms with van der Waals surface area (Å²) in [6.45, 7) is 5.55. The van der Waals surface area contributed by atoms with Crippen LogP contribution in [0.3, 0.4) is 0 Å². The molecule has 0 bridgehead atoms. The van der Waals surface area contributed by atoms with Gasteiger partial charge in [-0.3, -0.25) is 0 Å². The molecule has 0 saturated carbocycles. The summed E-state index contributed by atoms with van der Waals surface area (Å²) in [7, 11) is 2.05. The Morgan fingerprint density at radius 2 is 2.19 bits per heavy atom. The molecule has 2 aromatic heterocycles. The molecule has 0 fully saturated rings. The zero-order valence-electron chi connectivity index (χ0n) is 14.9. The van der Waals surface area contributed by atoms with Crippen LogP contribution < -0.4 is 15.8 Å². The van der Waals surface area contributed by atoms with E-state index in [1.165, 1.54) is 18.5 Å². The van der Waals surface area contributed by atoms with Gasteiger partial charge >= 0.3 is 0 Å². The van der Waals surface area contributed by atoms with Crippen LogP contribution in [-0.4, -0.2) is 46.2 Å². The smallest absolute Gasteiger partial charge is 0.247 e. The maximum atomic E-state index is 14.1. The van der Waals surface area contributed by atoms with Gasteiger partial charge in [0.1, 0.15) is 11.8 Å². The summed E-state index contributed by atoms with van der Waals surface area (Å²) in [4.78, 5) is 6.39. The number of ether oxygens (including phenoxy) is 1. The lowest BCUT2D eigenvalue weighted by molar-refractivity contribution is 0.326. The number of nitrogens with zero attached hydrogens (tertiary/aromatic N) is 4. The molecule has 0 radical (unpaired) electrons. The normalized spacial score (nSPS) is 11.4. The molecule has 0 unspecified atom stereocenters. The topological polar surface area (TPSA) is 80.7 Å². The number of hydrogen-bond acceptors (Lipinski definition) is 6. The van der Waals surface area contributed by atoms with E-state index in [1.54, 1.807) is 10.6 Å². The molecular weight excluding hydrogens is 335 g/mol. The quantitative estimate of drug-likeness (QED) is 0.475. The fraction of sp³-hybridized carbons (Fsp3) is 0.333. The van der Waals surface area contributed by atoms with Crippen LogP contribution in [0.15, 0.2) is 36.8 Å². The number of nitrogens with two attached hydrogens (primary N) is 1. The van der Waals surface area contributed by atoms with Gasteiger partial charge < -0.3 is 20.7 Å². The van der Waals surface area contributed by atoms with E-state index >= 15 is 0 Å². The highest BCUT2D eigenvalue weighted by molar-refractivity contribution is 5.63. The fourth-order valence-electron chi connectivity index (χ4n) is 2.71. The molecule has 0 atom stereocenters. The standard InChI is InChI=1S/C18H23FN6O/c1-3-21-7-9-24(2)11-13-6-8-25-17(13)18(22-12-23-25)26-16-5-4-14(20)10-15(16)19/h4-6,8,10,12,21H,3,7,9,11,20H2,1-2H3. The van der Waals surface area contributed by atoms with E-state index in [0.717, 1.165) is 30.7 Å². The Kier molecular flexibility index (Phi) is 5.65. The third-order valence-corrected chi connectivity index (χ3v) is 4.03. The van der Waals surface area contributed by atoms with Crippen LogP contribution in [0, 0.1) is 5.82 Å². The van der Waals surface area contributed by atoms with Crippen molar-refractivity contribution in [3.63, 3.8) is 0 Å². The highest BCUT2D eigenvalue weighted by Crippen LogP contribution is 2.29. The van der Waals surface area contributed by atoms with Crippen molar-refractivity contribution in [2.24, 2.45) is 0 Å². The number of halogens is 1. The average molecular weight is 358 g/mol. The molecule has 3 rings (SSSR count). The Morgan fingerprint density at radius 3 is 2.96 bits per heavy atom. The molecule has 7 nitrogen and oxygen atoms in total. The fourth-order valence-corrected chi connectivity index (χ4v) is 2.71. The third-order valence-electron chi connectivity index (χ3n) is 4.03. The second-order valence-corrected chi connectivity index (χ2v) is 6.08. The van der Waals surface area contributed by atoms with E-state index in [9.17, 15) is 4.39 Å². The third kappa shape index (κ3) is 4.09. The number of hydrogen-bond donors (Lipinski definition) is 2. The van der Waals surface area contributed by atoms with Crippen LogP contribution in [0.25, 0.3) is 5.52 Å². The van der Waals surface area contributed by atoms with Gasteiger partial charge in [0.05, 0.1) is 0 Å². The van der Waals surface area contributed by atoms with Gasteiger partial charge in [-0.15, -0.1) is 0 Å². The summed E-state index contributed by atoms with van der Waals surface area (Å²) in [5.41, 5.74) is 7.66. The number of benzene rings is 1. The molecule has 3 N–H and O–H groups in total. The molecule has 0 saturated heterocycles. The molecule has 1 aromatic carbocycles. The number of nitrogen functional groups attached to an aromatic ring is 1. The van der Waals surface area contributed by atoms with Gasteiger partial charge in [0.2, 0.25) is 5.88 Å². The molecule has 2 heterocycles. The van der Waals surface area contributed by atoms with Crippen molar-refractivity contribution in [2.75, 3.05) is 32.4 Å². The Balaban J connectivity index is 1.85. The number of anilines is 1. The zero-order valence-corrected chi connectivity index (χ0v) is 14.9. The lowest BCUT2D eigenvalue weighted by Gasteiger charge is -2.16. The van der Waals surface area contributed by atoms with Gasteiger partial charge in [-0.2, -0.15) is 10.1 Å². The van der Waals surface area contributed by atoms with Gasteiger partial charge in [-0.05, 0) is 37.4 Å². The molecule has 26 heavy (non-hydrogen) atoms. The van der Waals surface area contributed by atoms with Crippen molar-refractivity contribution in [2.45, 2.75) is 13.5 Å². The van der Waals surface area contributed by atoms with Crippen LogP contribution in [0.4, 0.5) is 10.1 Å². The van der Waals surface area contributed by atoms with Crippen molar-refractivity contribution >= 4 is 11.2 Å². The van der Waals surface area contributed by atoms with Crippen molar-refractivity contribution < 1.29 is 9.13 Å². The monoisotopic (exact) mass is 358 g/mol. The van der Waals surface area contributed by atoms with E-state index in [0.29, 0.717) is 18.1 Å². The van der Waals surface area contributed by atoms with Crippen molar-refractivity contribution in [3.05, 3.63) is 48.2 Å². The van der Waals surface area contributed by atoms with Crippen LogP contribution in [0.5, 0.6) is 11.6 Å². The predicted octanol–water partition coefficient (Wildman–Crippen LogP) is 2.28. The molecule has 138 valence electrons. The maximum absolute atomic E-state index is 14.1. The molecule has 3 aromatic rings. The Bertz CT molecular complexity index is 881. The van der Waals surface area contributed by atoms with Crippen LogP contribution in [0.1, 0.15) is 12.5 Å². The Morgan fingerprint density at radius 1 is 1.35 bits per heavy atom. The second kappa shape index (κ2) is 8.11. The Hall–Kier alpha value is -2.71. The minimum atomic E-state index is -0.530. The highest BCUT2D eigenvalue weighted by atomic mass is 19.1. The van der Waals surface area contributed by atoms with E-state index in [4.69, 9.17) is 10.5 Å². The van der Waals surface area contributed by atoms with Crippen molar-refractivity contribution in [1.82, 2.24) is 24.8 Å². The summed E-state index contributed by atoms with van der Waals surface area (Å²) < 4.78 is 21.5. The van der Waals surface area contributed by atoms with Gasteiger partial charge in [-0.25, -0.2) is 8.91 Å². The maximum Gasteiger partial charge on any atom is 0.247 e. The van der Waals surface area contributed by atoms with E-state index < -0.39 is 5.82 Å². The van der Waals surface area contributed by atoms with E-state index in [-0.39, 0.29) is 5.75 Å². The second-order valence-electron chi connectivity index (χ2n) is 6.08. The lowest BCUT2D eigenvalue weighted by atomic mass is 10.2. The molecular formula is C18H23FN6O. The van der Waals surface area contributed by atoms with Gasteiger partial charge in [-0.1, -0.05) is 6.92 Å². The number of fused-ring (bicyclic) bond motifs is 1.